The van der Waals surface area contributed by atoms with E-state index in [1.165, 1.54) is 24.2 Å². The molecule has 4 heteroatoms. The summed E-state index contributed by atoms with van der Waals surface area (Å²) in [6.45, 7) is 5.71. The smallest absolute Gasteiger partial charge is 0.137 e. The second-order valence-corrected chi connectivity index (χ2v) is 6.85. The minimum Gasteiger partial charge on any atom is -0.491 e. The Bertz CT molecular complexity index is 399. The van der Waals surface area contributed by atoms with E-state index >= 15 is 0 Å². The predicted molar refractivity (Wildman–Crippen MR) is 84.2 cm³/mol. The summed E-state index contributed by atoms with van der Waals surface area (Å²) in [7, 11) is 0. The summed E-state index contributed by atoms with van der Waals surface area (Å²) in [4.78, 5) is 1.52. The van der Waals surface area contributed by atoms with E-state index in [1.807, 2.05) is 24.3 Å². The van der Waals surface area contributed by atoms with Gasteiger partial charge in [0.25, 0.3) is 0 Å². The molecule has 0 spiro atoms. The molecule has 0 aromatic heterocycles. The molecule has 3 atom stereocenters. The summed E-state index contributed by atoms with van der Waals surface area (Å²) >= 11 is 3.40. The molecule has 0 radical (unpaired) electrons. The van der Waals surface area contributed by atoms with E-state index in [0.717, 1.165) is 16.8 Å². The maximum absolute atomic E-state index is 10.2. The second kappa shape index (κ2) is 7.43. The Balaban J connectivity index is 1.79. The lowest BCUT2D eigenvalue weighted by Crippen LogP contribution is -3.20. The quantitative estimate of drug-likeness (QED) is 0.858. The molecule has 0 saturated carbocycles. The molecule has 2 rings (SSSR count). The van der Waals surface area contributed by atoms with Gasteiger partial charge < -0.3 is 14.7 Å². The van der Waals surface area contributed by atoms with Crippen LogP contribution in [-0.4, -0.2) is 36.4 Å². The summed E-state index contributed by atoms with van der Waals surface area (Å²) < 4.78 is 6.68. The molecule has 20 heavy (non-hydrogen) atoms. The Morgan fingerprint density at radius 3 is 2.45 bits per heavy atom. The van der Waals surface area contributed by atoms with Gasteiger partial charge >= 0.3 is 0 Å². The predicted octanol–water partition coefficient (Wildman–Crippen LogP) is 2.03. The normalized spacial score (nSPS) is 25.4. The lowest BCUT2D eigenvalue weighted by Gasteiger charge is -2.36. The first-order valence-electron chi connectivity index (χ1n) is 7.48. The molecule has 0 unspecified atom stereocenters. The highest BCUT2D eigenvalue weighted by atomic mass is 79.9. The SMILES string of the molecule is C[C@@H]1CCC[C@@H](C)[NH+]1C[C@H](O)COc1ccc(Br)cc1. The number of ether oxygens (including phenoxy) is 1. The zero-order valence-corrected chi connectivity index (χ0v) is 13.9. The number of aliphatic hydroxyl groups excluding tert-OH is 1. The number of rotatable bonds is 5. The first kappa shape index (κ1) is 15.8. The maximum atomic E-state index is 10.2. The third-order valence-electron chi connectivity index (χ3n) is 4.27. The number of nitrogens with one attached hydrogen (secondary N) is 1. The first-order valence-corrected chi connectivity index (χ1v) is 8.27. The van der Waals surface area contributed by atoms with Crippen LogP contribution in [0.3, 0.4) is 0 Å². The van der Waals surface area contributed by atoms with E-state index in [0.29, 0.717) is 18.7 Å². The highest BCUT2D eigenvalue weighted by molar-refractivity contribution is 9.10. The zero-order valence-electron chi connectivity index (χ0n) is 12.3. The number of likely N-dealkylation sites (tertiary alicyclic amines) is 1. The van der Waals surface area contributed by atoms with Gasteiger partial charge in [0.2, 0.25) is 0 Å². The number of aliphatic hydroxyl groups is 1. The topological polar surface area (TPSA) is 33.9 Å². The Kier molecular flexibility index (Phi) is 5.87. The standard InChI is InChI=1S/C16H24BrNO2/c1-12-4-3-5-13(2)18(12)10-15(19)11-20-16-8-6-14(17)7-9-16/h6-9,12-13,15,19H,3-5,10-11H2,1-2H3/p+1/t12-,13-,15+/m1/s1. The van der Waals surface area contributed by atoms with Crippen molar-refractivity contribution in [1.29, 1.82) is 0 Å². The van der Waals surface area contributed by atoms with E-state index in [2.05, 4.69) is 29.8 Å². The van der Waals surface area contributed by atoms with Gasteiger partial charge in [-0.2, -0.15) is 0 Å². The molecule has 1 aliphatic heterocycles. The van der Waals surface area contributed by atoms with Gasteiger partial charge in [0.1, 0.15) is 25.0 Å². The molecule has 0 amide bonds. The van der Waals surface area contributed by atoms with Crippen LogP contribution in [0.1, 0.15) is 33.1 Å². The van der Waals surface area contributed by atoms with Crippen LogP contribution in [0.15, 0.2) is 28.7 Å². The average Bonchev–Trinajstić information content (AvgIpc) is 2.42. The minimum atomic E-state index is -0.406. The maximum Gasteiger partial charge on any atom is 0.137 e. The summed E-state index contributed by atoms with van der Waals surface area (Å²) in [6.07, 6.45) is 3.44. The summed E-state index contributed by atoms with van der Waals surface area (Å²) in [5.74, 6) is 0.807. The summed E-state index contributed by atoms with van der Waals surface area (Å²) in [5.41, 5.74) is 0. The molecule has 112 valence electrons. The number of hydrogen-bond donors (Lipinski definition) is 2. The molecule has 1 saturated heterocycles. The molecule has 2 N–H and O–H groups in total. The Labute approximate surface area is 130 Å². The van der Waals surface area contributed by atoms with Crippen molar-refractivity contribution in [2.24, 2.45) is 0 Å². The average molecular weight is 343 g/mol. The highest BCUT2D eigenvalue weighted by Gasteiger charge is 2.30. The van der Waals surface area contributed by atoms with Gasteiger partial charge in [0, 0.05) is 4.47 Å². The fraction of sp³-hybridized carbons (Fsp3) is 0.625. The fourth-order valence-electron chi connectivity index (χ4n) is 3.04. The van der Waals surface area contributed by atoms with Gasteiger partial charge in [-0.25, -0.2) is 0 Å². The third-order valence-corrected chi connectivity index (χ3v) is 4.80. The van der Waals surface area contributed by atoms with Crippen molar-refractivity contribution in [3.63, 3.8) is 0 Å². The van der Waals surface area contributed by atoms with Crippen LogP contribution in [-0.2, 0) is 0 Å². The van der Waals surface area contributed by atoms with Gasteiger partial charge in [-0.15, -0.1) is 0 Å². The Hall–Kier alpha value is -0.580. The summed E-state index contributed by atoms with van der Waals surface area (Å²) in [5, 5.41) is 10.2. The van der Waals surface area contributed by atoms with Crippen LogP contribution in [0, 0.1) is 0 Å². The number of benzene rings is 1. The molecule has 0 bridgehead atoms. The first-order chi connectivity index (χ1) is 9.56. The van der Waals surface area contributed by atoms with Crippen molar-refractivity contribution in [3.05, 3.63) is 28.7 Å². The molecular formula is C16H25BrNO2+. The minimum absolute atomic E-state index is 0.366. The third kappa shape index (κ3) is 4.47. The molecule has 1 aromatic rings. The molecule has 3 nitrogen and oxygen atoms in total. The molecular weight excluding hydrogens is 318 g/mol. The van der Waals surface area contributed by atoms with Crippen LogP contribution in [0.25, 0.3) is 0 Å². The number of piperidine rings is 1. The van der Waals surface area contributed by atoms with Gasteiger partial charge in [-0.3, -0.25) is 0 Å². The molecule has 1 fully saturated rings. The number of halogens is 1. The van der Waals surface area contributed by atoms with Crippen LogP contribution < -0.4 is 9.64 Å². The van der Waals surface area contributed by atoms with Gasteiger partial charge in [0.05, 0.1) is 12.1 Å². The monoisotopic (exact) mass is 342 g/mol. The Morgan fingerprint density at radius 2 is 1.85 bits per heavy atom. The van der Waals surface area contributed by atoms with Crippen molar-refractivity contribution < 1.29 is 14.7 Å². The van der Waals surface area contributed by atoms with Gasteiger partial charge in [-0.1, -0.05) is 15.9 Å². The number of quaternary nitrogens is 1. The van der Waals surface area contributed by atoms with Crippen LogP contribution in [0.2, 0.25) is 0 Å². The lowest BCUT2D eigenvalue weighted by atomic mass is 9.97. The van der Waals surface area contributed by atoms with E-state index in [-0.39, 0.29) is 0 Å². The fourth-order valence-corrected chi connectivity index (χ4v) is 3.31. The van der Waals surface area contributed by atoms with E-state index in [9.17, 15) is 5.11 Å². The van der Waals surface area contributed by atoms with Crippen molar-refractivity contribution in [3.8, 4) is 5.75 Å². The van der Waals surface area contributed by atoms with Gasteiger partial charge in [0.15, 0.2) is 0 Å². The van der Waals surface area contributed by atoms with Crippen molar-refractivity contribution in [1.82, 2.24) is 0 Å². The molecule has 1 aliphatic rings. The van der Waals surface area contributed by atoms with Crippen molar-refractivity contribution in [2.45, 2.75) is 51.3 Å². The second-order valence-electron chi connectivity index (χ2n) is 5.93. The van der Waals surface area contributed by atoms with Crippen molar-refractivity contribution in [2.75, 3.05) is 13.2 Å². The molecule has 1 heterocycles. The number of hydrogen-bond acceptors (Lipinski definition) is 2. The molecule has 0 aliphatic carbocycles. The van der Waals surface area contributed by atoms with Crippen LogP contribution in [0.4, 0.5) is 0 Å². The van der Waals surface area contributed by atoms with E-state index < -0.39 is 6.10 Å². The molecule has 1 aromatic carbocycles. The lowest BCUT2D eigenvalue weighted by molar-refractivity contribution is -0.954. The Morgan fingerprint density at radius 1 is 1.25 bits per heavy atom. The van der Waals surface area contributed by atoms with Gasteiger partial charge in [-0.05, 0) is 57.4 Å². The van der Waals surface area contributed by atoms with Crippen molar-refractivity contribution >= 4 is 15.9 Å². The highest BCUT2D eigenvalue weighted by Crippen LogP contribution is 2.16. The largest absolute Gasteiger partial charge is 0.491 e. The van der Waals surface area contributed by atoms with E-state index in [4.69, 9.17) is 4.74 Å². The van der Waals surface area contributed by atoms with Crippen LogP contribution >= 0.6 is 15.9 Å². The zero-order chi connectivity index (χ0) is 14.5. The summed E-state index contributed by atoms with van der Waals surface area (Å²) in [6, 6.07) is 9.00. The van der Waals surface area contributed by atoms with Crippen LogP contribution in [0.5, 0.6) is 5.75 Å². The van der Waals surface area contributed by atoms with E-state index in [1.54, 1.807) is 0 Å².